The molecule has 1 fully saturated rings. The molecule has 0 bridgehead atoms. The van der Waals surface area contributed by atoms with Crippen LogP contribution < -0.4 is 10.2 Å². The Morgan fingerprint density at radius 1 is 1.05 bits per heavy atom. The van der Waals surface area contributed by atoms with E-state index in [0.29, 0.717) is 23.6 Å². The molecule has 4 heteroatoms. The molecule has 1 N–H and O–H groups in total. The molecule has 0 saturated carbocycles. The third kappa shape index (κ3) is 3.29. The van der Waals surface area contributed by atoms with E-state index in [1.807, 2.05) is 0 Å². The van der Waals surface area contributed by atoms with Gasteiger partial charge in [-0.3, -0.25) is 0 Å². The number of piperazine rings is 1. The number of anilines is 1. The fourth-order valence-electron chi connectivity index (χ4n) is 2.84. The first-order valence-corrected chi connectivity index (χ1v) is 7.34. The number of benzene rings is 1. The molecule has 0 radical (unpaired) electrons. The van der Waals surface area contributed by atoms with E-state index in [0.717, 1.165) is 19.2 Å². The molecule has 2 nitrogen and oxygen atoms in total. The summed E-state index contributed by atoms with van der Waals surface area (Å²) in [6.07, 6.45) is 0. The van der Waals surface area contributed by atoms with Gasteiger partial charge in [0.25, 0.3) is 0 Å². The molecule has 1 saturated heterocycles. The number of halogens is 2. The van der Waals surface area contributed by atoms with Gasteiger partial charge in [0.15, 0.2) is 0 Å². The molecular formula is C16H24F2N2. The van der Waals surface area contributed by atoms with E-state index in [2.05, 4.69) is 37.9 Å². The van der Waals surface area contributed by atoms with Crippen LogP contribution in [0.25, 0.3) is 0 Å². The lowest BCUT2D eigenvalue weighted by Crippen LogP contribution is -2.60. The Morgan fingerprint density at radius 2 is 1.65 bits per heavy atom. The van der Waals surface area contributed by atoms with Crippen molar-refractivity contribution in [3.63, 3.8) is 0 Å². The minimum absolute atomic E-state index is 0.256. The van der Waals surface area contributed by atoms with Gasteiger partial charge in [0, 0.05) is 36.9 Å². The summed E-state index contributed by atoms with van der Waals surface area (Å²) in [5, 5.41) is 3.55. The molecular weight excluding hydrogens is 258 g/mol. The minimum atomic E-state index is -0.512. The average molecular weight is 282 g/mol. The maximum atomic E-state index is 13.5. The Bertz CT molecular complexity index is 440. The first kappa shape index (κ1) is 15.2. The lowest BCUT2D eigenvalue weighted by Gasteiger charge is -2.45. The van der Waals surface area contributed by atoms with Crippen molar-refractivity contribution in [1.29, 1.82) is 0 Å². The lowest BCUT2D eigenvalue weighted by molar-refractivity contribution is 0.295. The SMILES string of the molecule is CC(C)C1CN(c2cc(F)cc(F)c2)C(C(C)C)CN1. The second-order valence-electron chi connectivity index (χ2n) is 6.35. The molecule has 1 aliphatic rings. The van der Waals surface area contributed by atoms with E-state index in [9.17, 15) is 8.78 Å². The standard InChI is InChI=1S/C16H24F2N2/c1-10(2)15-9-20(16(8-19-15)11(3)4)14-6-12(17)5-13(18)7-14/h5-7,10-11,15-16,19H,8-9H2,1-4H3. The van der Waals surface area contributed by atoms with Gasteiger partial charge < -0.3 is 10.2 Å². The van der Waals surface area contributed by atoms with Crippen LogP contribution in [0.3, 0.4) is 0 Å². The van der Waals surface area contributed by atoms with Gasteiger partial charge in [-0.15, -0.1) is 0 Å². The third-order valence-electron chi connectivity index (χ3n) is 4.14. The van der Waals surface area contributed by atoms with E-state index in [-0.39, 0.29) is 6.04 Å². The van der Waals surface area contributed by atoms with Crippen LogP contribution in [-0.4, -0.2) is 25.2 Å². The molecule has 20 heavy (non-hydrogen) atoms. The summed E-state index contributed by atoms with van der Waals surface area (Å²) in [7, 11) is 0. The van der Waals surface area contributed by atoms with Crippen LogP contribution in [-0.2, 0) is 0 Å². The average Bonchev–Trinajstić information content (AvgIpc) is 2.36. The van der Waals surface area contributed by atoms with Gasteiger partial charge in [-0.05, 0) is 24.0 Å². The Hall–Kier alpha value is -1.16. The number of nitrogens with one attached hydrogen (secondary N) is 1. The van der Waals surface area contributed by atoms with Gasteiger partial charge in [-0.2, -0.15) is 0 Å². The van der Waals surface area contributed by atoms with E-state index >= 15 is 0 Å². The smallest absolute Gasteiger partial charge is 0.128 e. The Labute approximate surface area is 120 Å². The van der Waals surface area contributed by atoms with E-state index < -0.39 is 11.6 Å². The van der Waals surface area contributed by atoms with Crippen LogP contribution in [0.15, 0.2) is 18.2 Å². The number of rotatable bonds is 3. The van der Waals surface area contributed by atoms with Crippen LogP contribution in [0.2, 0.25) is 0 Å². The summed E-state index contributed by atoms with van der Waals surface area (Å²) in [6.45, 7) is 10.2. The van der Waals surface area contributed by atoms with E-state index in [1.54, 1.807) is 0 Å². The highest BCUT2D eigenvalue weighted by atomic mass is 19.1. The number of hydrogen-bond donors (Lipinski definition) is 1. The van der Waals surface area contributed by atoms with Crippen molar-refractivity contribution in [2.45, 2.75) is 39.8 Å². The third-order valence-corrected chi connectivity index (χ3v) is 4.14. The number of nitrogens with zero attached hydrogens (tertiary/aromatic N) is 1. The summed E-state index contributed by atoms with van der Waals surface area (Å²) in [6, 6.07) is 4.39. The second kappa shape index (κ2) is 6.08. The Morgan fingerprint density at radius 3 is 2.15 bits per heavy atom. The van der Waals surface area contributed by atoms with E-state index in [1.165, 1.54) is 12.1 Å². The van der Waals surface area contributed by atoms with Crippen LogP contribution in [0.1, 0.15) is 27.7 Å². The molecule has 2 atom stereocenters. The molecule has 0 aromatic heterocycles. The fourth-order valence-corrected chi connectivity index (χ4v) is 2.84. The predicted octanol–water partition coefficient (Wildman–Crippen LogP) is 3.42. The van der Waals surface area contributed by atoms with Crippen molar-refractivity contribution in [3.05, 3.63) is 29.8 Å². The Kier molecular flexibility index (Phi) is 4.63. The molecule has 2 rings (SSSR count). The molecule has 0 spiro atoms. The maximum Gasteiger partial charge on any atom is 0.128 e. The fraction of sp³-hybridized carbons (Fsp3) is 0.625. The molecule has 1 aliphatic heterocycles. The van der Waals surface area contributed by atoms with Crippen LogP contribution in [0.4, 0.5) is 14.5 Å². The van der Waals surface area contributed by atoms with Gasteiger partial charge in [-0.1, -0.05) is 27.7 Å². The zero-order valence-electron chi connectivity index (χ0n) is 12.7. The maximum absolute atomic E-state index is 13.5. The van der Waals surface area contributed by atoms with Crippen molar-refractivity contribution in [2.75, 3.05) is 18.0 Å². The highest BCUT2D eigenvalue weighted by Gasteiger charge is 2.31. The second-order valence-corrected chi connectivity index (χ2v) is 6.35. The summed E-state index contributed by atoms with van der Waals surface area (Å²) >= 11 is 0. The molecule has 0 amide bonds. The quantitative estimate of drug-likeness (QED) is 0.914. The summed E-state index contributed by atoms with van der Waals surface area (Å²) in [5.41, 5.74) is 0.647. The molecule has 2 unspecified atom stereocenters. The topological polar surface area (TPSA) is 15.3 Å². The lowest BCUT2D eigenvalue weighted by atomic mass is 9.93. The monoisotopic (exact) mass is 282 g/mol. The van der Waals surface area contributed by atoms with Gasteiger partial charge in [0.2, 0.25) is 0 Å². The van der Waals surface area contributed by atoms with Gasteiger partial charge in [-0.25, -0.2) is 8.78 Å². The molecule has 0 aliphatic carbocycles. The highest BCUT2D eigenvalue weighted by molar-refractivity contribution is 5.49. The van der Waals surface area contributed by atoms with E-state index in [4.69, 9.17) is 0 Å². The summed E-state index contributed by atoms with van der Waals surface area (Å²) < 4.78 is 27.0. The van der Waals surface area contributed by atoms with Crippen molar-refractivity contribution in [1.82, 2.24) is 5.32 Å². The van der Waals surface area contributed by atoms with Crippen LogP contribution in [0.5, 0.6) is 0 Å². The largest absolute Gasteiger partial charge is 0.365 e. The van der Waals surface area contributed by atoms with Gasteiger partial charge in [0.05, 0.1) is 0 Å². The number of hydrogen-bond acceptors (Lipinski definition) is 2. The zero-order valence-corrected chi connectivity index (χ0v) is 12.7. The van der Waals surface area contributed by atoms with Crippen LogP contribution in [0, 0.1) is 23.5 Å². The molecule has 1 aromatic rings. The van der Waals surface area contributed by atoms with Crippen molar-refractivity contribution in [3.8, 4) is 0 Å². The predicted molar refractivity (Wildman–Crippen MR) is 79.0 cm³/mol. The molecule has 112 valence electrons. The molecule has 1 heterocycles. The first-order chi connectivity index (χ1) is 9.38. The Balaban J connectivity index is 2.31. The van der Waals surface area contributed by atoms with Crippen molar-refractivity contribution >= 4 is 5.69 Å². The first-order valence-electron chi connectivity index (χ1n) is 7.34. The normalized spacial score (nSPS) is 23.7. The minimum Gasteiger partial charge on any atom is -0.365 e. The van der Waals surface area contributed by atoms with Gasteiger partial charge in [0.1, 0.15) is 11.6 Å². The van der Waals surface area contributed by atoms with Crippen molar-refractivity contribution in [2.24, 2.45) is 11.8 Å². The van der Waals surface area contributed by atoms with Gasteiger partial charge >= 0.3 is 0 Å². The summed E-state index contributed by atoms with van der Waals surface area (Å²) in [4.78, 5) is 2.15. The molecule has 1 aromatic carbocycles. The summed E-state index contributed by atoms with van der Waals surface area (Å²) in [5.74, 6) is -0.116. The zero-order chi connectivity index (χ0) is 14.9. The van der Waals surface area contributed by atoms with Crippen LogP contribution >= 0.6 is 0 Å². The van der Waals surface area contributed by atoms with Crippen molar-refractivity contribution < 1.29 is 8.78 Å². The highest BCUT2D eigenvalue weighted by Crippen LogP contribution is 2.26.